The summed E-state index contributed by atoms with van der Waals surface area (Å²) in [5.74, 6) is 0.793. The van der Waals surface area contributed by atoms with E-state index in [4.69, 9.17) is 20.2 Å². The average Bonchev–Trinajstić information content (AvgIpc) is 2.70. The number of nitrogens with zero attached hydrogens (tertiary/aromatic N) is 4. The molecule has 5 heterocycles. The molecule has 3 N–H and O–H groups in total. The first-order valence-electron chi connectivity index (χ1n) is 9.75. The van der Waals surface area contributed by atoms with Crippen LogP contribution in [0.25, 0.3) is 22.0 Å². The minimum atomic E-state index is -0.0574. The lowest BCUT2D eigenvalue weighted by Crippen LogP contribution is -2.37. The Morgan fingerprint density at radius 2 is 1.90 bits per heavy atom. The predicted octanol–water partition coefficient (Wildman–Crippen LogP) is 1.60. The van der Waals surface area contributed by atoms with Gasteiger partial charge in [-0.25, -0.2) is 15.0 Å². The number of hydrogen-bond donors (Lipinski definition) is 2. The fourth-order valence-electron chi connectivity index (χ4n) is 3.71. The second-order valence-electron chi connectivity index (χ2n) is 7.40. The molecule has 3 aromatic heterocycles. The van der Waals surface area contributed by atoms with E-state index in [1.54, 1.807) is 17.0 Å². The Labute approximate surface area is 166 Å². The van der Waals surface area contributed by atoms with Crippen LogP contribution < -0.4 is 16.6 Å². The molecule has 3 aromatic rings. The van der Waals surface area contributed by atoms with E-state index in [1.807, 2.05) is 18.3 Å². The Bertz CT molecular complexity index is 1090. The van der Waals surface area contributed by atoms with Crippen molar-refractivity contribution in [3.05, 3.63) is 41.1 Å². The number of hydrogen-bond acceptors (Lipinski definition) is 8. The summed E-state index contributed by atoms with van der Waals surface area (Å²) in [5, 5.41) is 4.90. The summed E-state index contributed by atoms with van der Waals surface area (Å²) in [6.45, 7) is 2.51. The molecule has 0 unspecified atom stereocenters. The van der Waals surface area contributed by atoms with Crippen LogP contribution in [0.4, 0.5) is 11.8 Å². The van der Waals surface area contributed by atoms with Gasteiger partial charge < -0.3 is 25.1 Å². The van der Waals surface area contributed by atoms with Crippen LogP contribution in [0.1, 0.15) is 18.9 Å². The summed E-state index contributed by atoms with van der Waals surface area (Å²) in [6.07, 6.45) is 6.86. The van der Waals surface area contributed by atoms with Gasteiger partial charge in [-0.1, -0.05) is 0 Å². The number of ether oxygens (including phenoxy) is 2. The quantitative estimate of drug-likeness (QED) is 0.685. The van der Waals surface area contributed by atoms with E-state index in [2.05, 4.69) is 15.3 Å². The molecular weight excluding hydrogens is 372 g/mol. The van der Waals surface area contributed by atoms with Crippen LogP contribution in [0.2, 0.25) is 0 Å². The van der Waals surface area contributed by atoms with Gasteiger partial charge >= 0.3 is 0 Å². The number of nitrogens with one attached hydrogen (secondary N) is 1. The second-order valence-corrected chi connectivity index (χ2v) is 7.40. The summed E-state index contributed by atoms with van der Waals surface area (Å²) < 4.78 is 12.5. The topological polar surface area (TPSA) is 117 Å². The van der Waals surface area contributed by atoms with Gasteiger partial charge in [-0.2, -0.15) is 0 Å². The first kappa shape index (κ1) is 18.0. The maximum atomic E-state index is 13.3. The predicted molar refractivity (Wildman–Crippen MR) is 109 cm³/mol. The summed E-state index contributed by atoms with van der Waals surface area (Å²) in [5.41, 5.74) is 6.99. The van der Waals surface area contributed by atoms with Crippen molar-refractivity contribution < 1.29 is 9.47 Å². The molecule has 0 aromatic carbocycles. The van der Waals surface area contributed by atoms with Crippen LogP contribution in [-0.2, 0) is 9.47 Å². The van der Waals surface area contributed by atoms with Crippen LogP contribution in [0.15, 0.2) is 35.5 Å². The third kappa shape index (κ3) is 3.43. The number of fused-ring (bicyclic) bond motifs is 1. The molecule has 5 rings (SSSR count). The number of anilines is 2. The molecule has 0 bridgehead atoms. The van der Waals surface area contributed by atoms with Crippen molar-refractivity contribution in [1.29, 1.82) is 0 Å². The van der Waals surface area contributed by atoms with Gasteiger partial charge in [0.1, 0.15) is 5.82 Å². The average molecular weight is 394 g/mol. The van der Waals surface area contributed by atoms with Gasteiger partial charge in [0.25, 0.3) is 5.56 Å². The fourth-order valence-corrected chi connectivity index (χ4v) is 3.71. The lowest BCUT2D eigenvalue weighted by atomic mass is 10.1. The van der Waals surface area contributed by atoms with Crippen LogP contribution >= 0.6 is 0 Å². The van der Waals surface area contributed by atoms with Gasteiger partial charge in [0, 0.05) is 43.4 Å². The van der Waals surface area contributed by atoms with Crippen molar-refractivity contribution >= 4 is 22.5 Å². The van der Waals surface area contributed by atoms with Crippen molar-refractivity contribution in [2.45, 2.75) is 24.9 Å². The highest BCUT2D eigenvalue weighted by atomic mass is 16.5. The lowest BCUT2D eigenvalue weighted by molar-refractivity contribution is -0.0246. The molecule has 0 atom stereocenters. The number of nitrogen functional groups attached to an aromatic ring is 1. The zero-order valence-corrected chi connectivity index (χ0v) is 15.9. The Morgan fingerprint density at radius 1 is 1.14 bits per heavy atom. The van der Waals surface area contributed by atoms with Gasteiger partial charge in [0.2, 0.25) is 5.95 Å². The van der Waals surface area contributed by atoms with Crippen molar-refractivity contribution in [2.24, 2.45) is 0 Å². The van der Waals surface area contributed by atoms with E-state index >= 15 is 0 Å². The van der Waals surface area contributed by atoms with Crippen LogP contribution in [0.5, 0.6) is 0 Å². The molecule has 0 radical (unpaired) electrons. The van der Waals surface area contributed by atoms with Crippen LogP contribution in [-0.4, -0.2) is 52.0 Å². The van der Waals surface area contributed by atoms with E-state index < -0.39 is 0 Å². The molecule has 0 saturated carbocycles. The standard InChI is InChI=1S/C20H22N6O3/c21-20-22-8-13(9-23-20)16-7-12-1-4-26(15-10-29-11-15)19(27)17(12)18(25-16)24-14-2-5-28-6-3-14/h1,4,7-9,14-15H,2-3,5-6,10-11H2,(H,24,25)(H2,21,22,23). The molecular formula is C20H22N6O3. The normalized spacial score (nSPS) is 17.9. The summed E-state index contributed by atoms with van der Waals surface area (Å²) in [6, 6.07) is 4.13. The molecule has 2 aliphatic heterocycles. The monoisotopic (exact) mass is 394 g/mol. The molecule has 150 valence electrons. The minimum Gasteiger partial charge on any atom is -0.381 e. The smallest absolute Gasteiger partial charge is 0.262 e. The van der Waals surface area contributed by atoms with Crippen LogP contribution in [0, 0.1) is 0 Å². The highest BCUT2D eigenvalue weighted by molar-refractivity contribution is 5.94. The van der Waals surface area contributed by atoms with Crippen molar-refractivity contribution in [3.63, 3.8) is 0 Å². The fraction of sp³-hybridized carbons (Fsp3) is 0.400. The number of rotatable bonds is 4. The maximum absolute atomic E-state index is 13.3. The molecule has 2 saturated heterocycles. The molecule has 2 aliphatic rings. The largest absolute Gasteiger partial charge is 0.381 e. The molecule has 9 nitrogen and oxygen atoms in total. The summed E-state index contributed by atoms with van der Waals surface area (Å²) in [4.78, 5) is 26.2. The molecule has 0 spiro atoms. The Morgan fingerprint density at radius 3 is 2.59 bits per heavy atom. The number of pyridine rings is 2. The van der Waals surface area contributed by atoms with E-state index in [1.165, 1.54) is 0 Å². The summed E-state index contributed by atoms with van der Waals surface area (Å²) in [7, 11) is 0. The van der Waals surface area contributed by atoms with Gasteiger partial charge in [-0.15, -0.1) is 0 Å². The van der Waals surface area contributed by atoms with Crippen molar-refractivity contribution in [3.8, 4) is 11.3 Å². The Balaban J connectivity index is 1.64. The van der Waals surface area contributed by atoms with E-state index in [9.17, 15) is 4.79 Å². The van der Waals surface area contributed by atoms with Gasteiger partial charge in [-0.05, 0) is 30.4 Å². The first-order valence-corrected chi connectivity index (χ1v) is 9.75. The summed E-state index contributed by atoms with van der Waals surface area (Å²) >= 11 is 0. The van der Waals surface area contributed by atoms with Crippen molar-refractivity contribution in [2.75, 3.05) is 37.5 Å². The van der Waals surface area contributed by atoms with Crippen LogP contribution in [0.3, 0.4) is 0 Å². The third-order valence-corrected chi connectivity index (χ3v) is 5.46. The molecule has 2 fully saturated rings. The highest BCUT2D eigenvalue weighted by Gasteiger charge is 2.24. The van der Waals surface area contributed by atoms with Gasteiger partial charge in [-0.3, -0.25) is 4.79 Å². The van der Waals surface area contributed by atoms with Gasteiger partial charge in [0.15, 0.2) is 0 Å². The SMILES string of the molecule is Nc1ncc(-c2cc3ccn(C4COC4)c(=O)c3c(NC3CCOCC3)n2)cn1. The maximum Gasteiger partial charge on any atom is 0.262 e. The van der Waals surface area contributed by atoms with E-state index in [0.717, 1.165) is 23.8 Å². The molecule has 0 amide bonds. The molecule has 29 heavy (non-hydrogen) atoms. The van der Waals surface area contributed by atoms with Gasteiger partial charge in [0.05, 0.1) is 30.3 Å². The first-order chi connectivity index (χ1) is 14.2. The van der Waals surface area contributed by atoms with Crippen molar-refractivity contribution in [1.82, 2.24) is 19.5 Å². The van der Waals surface area contributed by atoms with E-state index in [0.29, 0.717) is 43.3 Å². The molecule has 9 heteroatoms. The number of aromatic nitrogens is 4. The Hall–Kier alpha value is -3.04. The molecule has 0 aliphatic carbocycles. The minimum absolute atomic E-state index is 0.0574. The second kappa shape index (κ2) is 7.41. The number of nitrogens with two attached hydrogens (primary N) is 1. The Kier molecular flexibility index (Phi) is 4.61. The van der Waals surface area contributed by atoms with E-state index in [-0.39, 0.29) is 23.6 Å². The zero-order chi connectivity index (χ0) is 19.8. The highest BCUT2D eigenvalue weighted by Crippen LogP contribution is 2.28. The lowest BCUT2D eigenvalue weighted by Gasteiger charge is -2.28. The third-order valence-electron chi connectivity index (χ3n) is 5.46. The zero-order valence-electron chi connectivity index (χ0n) is 15.9.